The molecule has 0 aliphatic carbocycles. The van der Waals surface area contributed by atoms with Crippen molar-refractivity contribution in [3.05, 3.63) is 22.8 Å². The normalized spacial score (nSPS) is 15.8. The molecule has 0 spiro atoms. The van der Waals surface area contributed by atoms with Crippen LogP contribution in [0.25, 0.3) is 0 Å². The van der Waals surface area contributed by atoms with Gasteiger partial charge in [-0.1, -0.05) is 11.6 Å². The summed E-state index contributed by atoms with van der Waals surface area (Å²) in [6.45, 7) is 5.39. The molecule has 0 radical (unpaired) electrons. The van der Waals surface area contributed by atoms with Gasteiger partial charge in [0.05, 0.1) is 5.02 Å². The van der Waals surface area contributed by atoms with Crippen LogP contribution in [0, 0.1) is 0 Å². The largest absolute Gasteiger partial charge is 0.353 e. The van der Waals surface area contributed by atoms with E-state index in [2.05, 4.69) is 15.2 Å². The quantitative estimate of drug-likeness (QED) is 0.901. The molecule has 0 atom stereocenters. The first kappa shape index (κ1) is 13.3. The number of ketones is 1. The van der Waals surface area contributed by atoms with Crippen LogP contribution in [0.5, 0.6) is 0 Å². The monoisotopic (exact) mass is 267 g/mol. The first-order chi connectivity index (χ1) is 8.66. The van der Waals surface area contributed by atoms with Crippen LogP contribution in [0.2, 0.25) is 5.02 Å². The van der Waals surface area contributed by atoms with E-state index in [1.807, 2.05) is 12.3 Å². The minimum Gasteiger partial charge on any atom is -0.353 e. The van der Waals surface area contributed by atoms with E-state index in [0.29, 0.717) is 17.9 Å². The molecule has 0 unspecified atom stereocenters. The maximum Gasteiger partial charge on any atom is 0.147 e. The van der Waals surface area contributed by atoms with E-state index in [9.17, 15) is 4.79 Å². The van der Waals surface area contributed by atoms with Crippen LogP contribution in [-0.4, -0.2) is 36.9 Å². The second-order valence-electron chi connectivity index (χ2n) is 4.59. The lowest BCUT2D eigenvalue weighted by Crippen LogP contribution is -2.44. The first-order valence-electron chi connectivity index (χ1n) is 6.26. The molecule has 0 saturated carbocycles. The molecule has 0 aromatic carbocycles. The number of rotatable bonds is 4. The topological polar surface area (TPSA) is 45.2 Å². The van der Waals surface area contributed by atoms with Gasteiger partial charge in [-0.2, -0.15) is 0 Å². The van der Waals surface area contributed by atoms with Crippen LogP contribution in [0.1, 0.15) is 18.9 Å². The van der Waals surface area contributed by atoms with Crippen molar-refractivity contribution in [3.8, 4) is 0 Å². The van der Waals surface area contributed by atoms with Gasteiger partial charge in [0.25, 0.3) is 0 Å². The molecule has 0 amide bonds. The number of halogens is 1. The number of carbonyl (C=O) groups excluding carboxylic acids is 1. The van der Waals surface area contributed by atoms with E-state index in [1.54, 1.807) is 6.92 Å². The van der Waals surface area contributed by atoms with E-state index in [0.717, 1.165) is 37.6 Å². The smallest absolute Gasteiger partial charge is 0.147 e. The zero-order valence-electron chi connectivity index (χ0n) is 10.6. The third-order valence-electron chi connectivity index (χ3n) is 3.06. The summed E-state index contributed by atoms with van der Waals surface area (Å²) in [6.07, 6.45) is 3.08. The molecule has 2 rings (SSSR count). The van der Waals surface area contributed by atoms with Gasteiger partial charge in [-0.15, -0.1) is 0 Å². The third-order valence-corrected chi connectivity index (χ3v) is 3.34. The zero-order chi connectivity index (χ0) is 13.0. The van der Waals surface area contributed by atoms with E-state index in [1.165, 1.54) is 0 Å². The Morgan fingerprint density at radius 1 is 1.50 bits per heavy atom. The number of piperazine rings is 1. The van der Waals surface area contributed by atoms with Gasteiger partial charge < -0.3 is 15.0 Å². The number of nitrogens with one attached hydrogen (secondary N) is 1. The minimum absolute atomic E-state index is 0.192. The minimum atomic E-state index is 0.192. The Hall–Kier alpha value is -1.13. The van der Waals surface area contributed by atoms with Crippen molar-refractivity contribution >= 4 is 23.2 Å². The number of hydrogen-bond acceptors (Lipinski definition) is 4. The zero-order valence-corrected chi connectivity index (χ0v) is 11.3. The number of anilines is 1. The summed E-state index contributed by atoms with van der Waals surface area (Å²) in [5.74, 6) is 1.04. The standard InChI is InChI=1S/C13H18ClN3O/c1-10(18)2-3-11-8-12(14)13(16-9-11)17-6-4-15-5-7-17/h8-9,15H,2-7H2,1H3. The number of nitrogens with zero attached hydrogens (tertiary/aromatic N) is 2. The van der Waals surface area contributed by atoms with Crippen LogP contribution in [0.4, 0.5) is 5.82 Å². The predicted molar refractivity (Wildman–Crippen MR) is 73.3 cm³/mol. The lowest BCUT2D eigenvalue weighted by Gasteiger charge is -2.29. The molecule has 98 valence electrons. The van der Waals surface area contributed by atoms with E-state index in [-0.39, 0.29) is 5.78 Å². The Morgan fingerprint density at radius 2 is 2.22 bits per heavy atom. The maximum atomic E-state index is 10.9. The fraction of sp³-hybridized carbons (Fsp3) is 0.538. The van der Waals surface area contributed by atoms with E-state index < -0.39 is 0 Å². The summed E-state index contributed by atoms with van der Waals surface area (Å²) in [7, 11) is 0. The molecule has 1 saturated heterocycles. The highest BCUT2D eigenvalue weighted by atomic mass is 35.5. The van der Waals surface area contributed by atoms with Crippen molar-refractivity contribution in [2.45, 2.75) is 19.8 Å². The molecule has 1 aromatic heterocycles. The molecule has 18 heavy (non-hydrogen) atoms. The van der Waals surface area contributed by atoms with Crippen molar-refractivity contribution in [3.63, 3.8) is 0 Å². The summed E-state index contributed by atoms with van der Waals surface area (Å²) in [5.41, 5.74) is 1.02. The SMILES string of the molecule is CC(=O)CCc1cnc(N2CCNCC2)c(Cl)c1. The second kappa shape index (κ2) is 6.16. The molecule has 1 fully saturated rings. The molecule has 5 heteroatoms. The third kappa shape index (κ3) is 3.43. The lowest BCUT2D eigenvalue weighted by atomic mass is 10.1. The van der Waals surface area contributed by atoms with Crippen LogP contribution in [-0.2, 0) is 11.2 Å². The first-order valence-corrected chi connectivity index (χ1v) is 6.64. The van der Waals surface area contributed by atoms with Gasteiger partial charge in [-0.25, -0.2) is 4.98 Å². The average molecular weight is 268 g/mol. The molecule has 1 aliphatic heterocycles. The van der Waals surface area contributed by atoms with Gasteiger partial charge in [-0.3, -0.25) is 0 Å². The molecular weight excluding hydrogens is 250 g/mol. The van der Waals surface area contributed by atoms with Gasteiger partial charge in [0.2, 0.25) is 0 Å². The summed E-state index contributed by atoms with van der Waals surface area (Å²) >= 11 is 6.27. The number of carbonyl (C=O) groups is 1. The molecule has 1 aromatic rings. The summed E-state index contributed by atoms with van der Waals surface area (Å²) in [4.78, 5) is 17.6. The van der Waals surface area contributed by atoms with Crippen molar-refractivity contribution in [1.82, 2.24) is 10.3 Å². The summed E-state index contributed by atoms with van der Waals surface area (Å²) in [5, 5.41) is 3.98. The highest BCUT2D eigenvalue weighted by molar-refractivity contribution is 6.33. The molecular formula is C13H18ClN3O. The van der Waals surface area contributed by atoms with Gasteiger partial charge in [0.1, 0.15) is 11.6 Å². The van der Waals surface area contributed by atoms with Gasteiger partial charge in [-0.05, 0) is 25.0 Å². The fourth-order valence-corrected chi connectivity index (χ4v) is 2.35. The van der Waals surface area contributed by atoms with E-state index >= 15 is 0 Å². The predicted octanol–water partition coefficient (Wildman–Crippen LogP) is 1.67. The lowest BCUT2D eigenvalue weighted by molar-refractivity contribution is -0.116. The van der Waals surface area contributed by atoms with Crippen molar-refractivity contribution in [2.75, 3.05) is 31.1 Å². The van der Waals surface area contributed by atoms with Crippen LogP contribution >= 0.6 is 11.6 Å². The average Bonchev–Trinajstić information content (AvgIpc) is 2.37. The highest BCUT2D eigenvalue weighted by Crippen LogP contribution is 2.24. The Labute approximate surface area is 112 Å². The molecule has 1 N–H and O–H groups in total. The number of hydrogen-bond donors (Lipinski definition) is 1. The van der Waals surface area contributed by atoms with Gasteiger partial charge in [0.15, 0.2) is 0 Å². The molecule has 4 nitrogen and oxygen atoms in total. The molecule has 2 heterocycles. The maximum absolute atomic E-state index is 10.9. The number of aryl methyl sites for hydroxylation is 1. The Balaban J connectivity index is 2.06. The highest BCUT2D eigenvalue weighted by Gasteiger charge is 2.15. The summed E-state index contributed by atoms with van der Waals surface area (Å²) in [6, 6.07) is 1.93. The summed E-state index contributed by atoms with van der Waals surface area (Å²) < 4.78 is 0. The van der Waals surface area contributed by atoms with E-state index in [4.69, 9.17) is 11.6 Å². The Morgan fingerprint density at radius 3 is 2.83 bits per heavy atom. The van der Waals surface area contributed by atoms with Crippen molar-refractivity contribution in [2.24, 2.45) is 0 Å². The van der Waals surface area contributed by atoms with Crippen LogP contribution in [0.15, 0.2) is 12.3 Å². The number of Topliss-reactive ketones (excluding diaryl/α,β-unsaturated/α-hetero) is 1. The number of aromatic nitrogens is 1. The fourth-order valence-electron chi connectivity index (χ4n) is 2.04. The van der Waals surface area contributed by atoms with Gasteiger partial charge >= 0.3 is 0 Å². The van der Waals surface area contributed by atoms with Crippen molar-refractivity contribution in [1.29, 1.82) is 0 Å². The van der Waals surface area contributed by atoms with Crippen LogP contribution in [0.3, 0.4) is 0 Å². The molecule has 1 aliphatic rings. The van der Waals surface area contributed by atoms with Crippen LogP contribution < -0.4 is 10.2 Å². The number of pyridine rings is 1. The molecule has 0 bridgehead atoms. The van der Waals surface area contributed by atoms with Gasteiger partial charge in [0, 0.05) is 38.8 Å². The second-order valence-corrected chi connectivity index (χ2v) is 5.00. The Bertz CT molecular complexity index is 430. The van der Waals surface area contributed by atoms with Crippen molar-refractivity contribution < 1.29 is 4.79 Å². The Kier molecular flexibility index (Phi) is 4.55.